The topological polar surface area (TPSA) is 50.9 Å². The van der Waals surface area contributed by atoms with Gasteiger partial charge in [-0.1, -0.05) is 17.7 Å². The minimum atomic E-state index is -0.444. The number of aromatic nitrogens is 1. The molecule has 1 heterocycles. The Kier molecular flexibility index (Phi) is 3.15. The van der Waals surface area contributed by atoms with Gasteiger partial charge in [0.15, 0.2) is 5.82 Å². The zero-order chi connectivity index (χ0) is 12.4. The van der Waals surface area contributed by atoms with Gasteiger partial charge in [0.25, 0.3) is 0 Å². The molecule has 0 aliphatic carbocycles. The van der Waals surface area contributed by atoms with E-state index in [4.69, 9.17) is 17.3 Å². The van der Waals surface area contributed by atoms with E-state index in [0.29, 0.717) is 11.5 Å². The molecule has 1 aromatic carbocycles. The quantitative estimate of drug-likeness (QED) is 0.859. The van der Waals surface area contributed by atoms with Crippen LogP contribution in [0.25, 0.3) is 0 Å². The zero-order valence-corrected chi connectivity index (χ0v) is 9.92. The number of pyridine rings is 1. The second-order valence-corrected chi connectivity index (χ2v) is 4.02. The number of nitrogen functional groups attached to an aromatic ring is 1. The first-order valence-electron chi connectivity index (χ1n) is 5.01. The number of nitrogens with zero attached hydrogens (tertiary/aromatic N) is 1. The summed E-state index contributed by atoms with van der Waals surface area (Å²) in [6.45, 7) is 1.85. The molecule has 0 atom stereocenters. The van der Waals surface area contributed by atoms with Crippen molar-refractivity contribution in [2.45, 2.75) is 6.92 Å². The van der Waals surface area contributed by atoms with Crippen LogP contribution in [0.3, 0.4) is 0 Å². The molecule has 3 N–H and O–H groups in total. The largest absolute Gasteiger partial charge is 0.396 e. The van der Waals surface area contributed by atoms with Crippen molar-refractivity contribution in [3.8, 4) is 0 Å². The maximum Gasteiger partial charge on any atom is 0.153 e. The van der Waals surface area contributed by atoms with Crippen LogP contribution in [-0.2, 0) is 0 Å². The summed E-state index contributed by atoms with van der Waals surface area (Å²) in [5, 5.41) is 3.09. The van der Waals surface area contributed by atoms with Crippen molar-refractivity contribution < 1.29 is 4.39 Å². The van der Waals surface area contributed by atoms with Crippen LogP contribution >= 0.6 is 11.6 Å². The number of nitrogens with one attached hydrogen (secondary N) is 1. The van der Waals surface area contributed by atoms with Crippen LogP contribution in [0.5, 0.6) is 0 Å². The molecule has 88 valence electrons. The molecule has 5 heteroatoms. The first-order chi connectivity index (χ1) is 8.09. The van der Waals surface area contributed by atoms with Crippen LogP contribution in [0, 0.1) is 12.7 Å². The van der Waals surface area contributed by atoms with E-state index in [1.165, 1.54) is 12.1 Å². The van der Waals surface area contributed by atoms with E-state index in [1.54, 1.807) is 18.3 Å². The van der Waals surface area contributed by atoms with Gasteiger partial charge in [-0.2, -0.15) is 0 Å². The fourth-order valence-corrected chi connectivity index (χ4v) is 1.62. The van der Waals surface area contributed by atoms with Gasteiger partial charge in [0.05, 0.1) is 16.4 Å². The molecule has 0 bridgehead atoms. The fourth-order valence-electron chi connectivity index (χ4n) is 1.40. The molecule has 0 saturated heterocycles. The van der Waals surface area contributed by atoms with Gasteiger partial charge in [0, 0.05) is 6.20 Å². The highest BCUT2D eigenvalue weighted by Gasteiger charge is 2.10. The zero-order valence-electron chi connectivity index (χ0n) is 9.17. The second-order valence-electron chi connectivity index (χ2n) is 3.61. The summed E-state index contributed by atoms with van der Waals surface area (Å²) in [6.07, 6.45) is 1.60. The van der Waals surface area contributed by atoms with Crippen LogP contribution < -0.4 is 11.1 Å². The second kappa shape index (κ2) is 4.59. The van der Waals surface area contributed by atoms with Crippen LogP contribution in [0.2, 0.25) is 5.02 Å². The molecule has 2 rings (SSSR count). The molecular formula is C12H11ClFN3. The summed E-state index contributed by atoms with van der Waals surface area (Å²) >= 11 is 5.90. The predicted molar refractivity (Wildman–Crippen MR) is 68.1 cm³/mol. The molecule has 17 heavy (non-hydrogen) atoms. The van der Waals surface area contributed by atoms with Gasteiger partial charge < -0.3 is 11.1 Å². The van der Waals surface area contributed by atoms with Crippen molar-refractivity contribution in [1.82, 2.24) is 4.98 Å². The number of halogens is 2. The number of hydrogen-bond acceptors (Lipinski definition) is 3. The molecule has 0 radical (unpaired) electrons. The number of para-hydroxylation sites is 1. The van der Waals surface area contributed by atoms with E-state index in [1.807, 2.05) is 6.92 Å². The van der Waals surface area contributed by atoms with Crippen molar-refractivity contribution in [2.75, 3.05) is 11.1 Å². The van der Waals surface area contributed by atoms with Crippen molar-refractivity contribution in [2.24, 2.45) is 0 Å². The highest BCUT2D eigenvalue weighted by atomic mass is 35.5. The van der Waals surface area contributed by atoms with Crippen molar-refractivity contribution in [3.63, 3.8) is 0 Å². The van der Waals surface area contributed by atoms with E-state index in [-0.39, 0.29) is 10.7 Å². The van der Waals surface area contributed by atoms with E-state index in [9.17, 15) is 4.39 Å². The summed E-state index contributed by atoms with van der Waals surface area (Å²) in [5.41, 5.74) is 7.37. The molecule has 2 aromatic rings. The van der Waals surface area contributed by atoms with Gasteiger partial charge in [0.2, 0.25) is 0 Å². The lowest BCUT2D eigenvalue weighted by Gasteiger charge is -2.11. The van der Waals surface area contributed by atoms with Crippen molar-refractivity contribution >= 4 is 28.8 Å². The number of benzene rings is 1. The Labute approximate surface area is 103 Å². The van der Waals surface area contributed by atoms with E-state index in [0.717, 1.165) is 5.56 Å². The number of rotatable bonds is 2. The van der Waals surface area contributed by atoms with E-state index in [2.05, 4.69) is 10.3 Å². The van der Waals surface area contributed by atoms with E-state index < -0.39 is 5.82 Å². The first-order valence-corrected chi connectivity index (χ1v) is 5.39. The Morgan fingerprint density at radius 1 is 1.35 bits per heavy atom. The SMILES string of the molecule is Cc1ccnc(Nc2c(F)cccc2Cl)c1N. The monoisotopic (exact) mass is 251 g/mol. The normalized spacial score (nSPS) is 10.3. The molecule has 0 aliphatic rings. The van der Waals surface area contributed by atoms with Crippen LogP contribution in [0.1, 0.15) is 5.56 Å². The predicted octanol–water partition coefficient (Wildman–Crippen LogP) is 3.51. The fraction of sp³-hybridized carbons (Fsp3) is 0.0833. The molecule has 0 saturated carbocycles. The van der Waals surface area contributed by atoms with Crippen molar-refractivity contribution in [1.29, 1.82) is 0 Å². The third-order valence-electron chi connectivity index (χ3n) is 2.41. The molecule has 0 aliphatic heterocycles. The van der Waals surface area contributed by atoms with Gasteiger partial charge in [-0.05, 0) is 30.7 Å². The minimum Gasteiger partial charge on any atom is -0.396 e. The van der Waals surface area contributed by atoms with E-state index >= 15 is 0 Å². The summed E-state index contributed by atoms with van der Waals surface area (Å²) in [5.74, 6) is -0.0443. The Morgan fingerprint density at radius 3 is 2.82 bits per heavy atom. The number of nitrogens with two attached hydrogens (primary N) is 1. The Bertz CT molecular complexity index is 537. The highest BCUT2D eigenvalue weighted by Crippen LogP contribution is 2.30. The number of hydrogen-bond donors (Lipinski definition) is 2. The molecule has 0 spiro atoms. The standard InChI is InChI=1S/C12H11ClFN3/c1-7-5-6-16-12(10(7)15)17-11-8(13)3-2-4-9(11)14/h2-6H,15H2,1H3,(H,16,17). The summed E-state index contributed by atoms with van der Waals surface area (Å²) in [6, 6.07) is 6.23. The molecule has 0 amide bonds. The molecule has 1 aromatic heterocycles. The highest BCUT2D eigenvalue weighted by molar-refractivity contribution is 6.33. The summed E-state index contributed by atoms with van der Waals surface area (Å²) in [4.78, 5) is 4.06. The van der Waals surface area contributed by atoms with Gasteiger partial charge in [0.1, 0.15) is 5.82 Å². The van der Waals surface area contributed by atoms with Crippen LogP contribution in [0.4, 0.5) is 21.6 Å². The third kappa shape index (κ3) is 2.31. The lowest BCUT2D eigenvalue weighted by atomic mass is 10.2. The van der Waals surface area contributed by atoms with Crippen LogP contribution in [-0.4, -0.2) is 4.98 Å². The average Bonchev–Trinajstić information content (AvgIpc) is 2.29. The lowest BCUT2D eigenvalue weighted by molar-refractivity contribution is 0.632. The summed E-state index contributed by atoms with van der Waals surface area (Å²) in [7, 11) is 0. The number of aryl methyl sites for hydroxylation is 1. The smallest absolute Gasteiger partial charge is 0.153 e. The molecule has 0 unspecified atom stereocenters. The summed E-state index contributed by atoms with van der Waals surface area (Å²) < 4.78 is 13.6. The minimum absolute atomic E-state index is 0.180. The maximum absolute atomic E-state index is 13.6. The van der Waals surface area contributed by atoms with Gasteiger partial charge in [-0.25, -0.2) is 9.37 Å². The molecule has 3 nitrogen and oxygen atoms in total. The molecule has 0 fully saturated rings. The first kappa shape index (κ1) is 11.7. The van der Waals surface area contributed by atoms with Crippen LogP contribution in [0.15, 0.2) is 30.5 Å². The lowest BCUT2D eigenvalue weighted by Crippen LogP contribution is -2.02. The number of anilines is 3. The Morgan fingerprint density at radius 2 is 2.12 bits per heavy atom. The van der Waals surface area contributed by atoms with Gasteiger partial charge in [-0.3, -0.25) is 0 Å². The Balaban J connectivity index is 2.42. The third-order valence-corrected chi connectivity index (χ3v) is 2.73. The van der Waals surface area contributed by atoms with Gasteiger partial charge >= 0.3 is 0 Å². The van der Waals surface area contributed by atoms with Gasteiger partial charge in [-0.15, -0.1) is 0 Å². The average molecular weight is 252 g/mol. The Hall–Kier alpha value is -1.81. The van der Waals surface area contributed by atoms with Crippen molar-refractivity contribution in [3.05, 3.63) is 46.9 Å². The maximum atomic E-state index is 13.6. The molecular weight excluding hydrogens is 241 g/mol.